The lowest BCUT2D eigenvalue weighted by Gasteiger charge is -2.20. The summed E-state index contributed by atoms with van der Waals surface area (Å²) in [6.07, 6.45) is -2.19. The van der Waals surface area contributed by atoms with Crippen LogP contribution in [0.15, 0.2) is 11.0 Å². The summed E-state index contributed by atoms with van der Waals surface area (Å²) in [4.78, 5) is 20.6. The molecular weight excluding hydrogens is 337 g/mol. The minimum Gasteiger partial charge on any atom is -0.352 e. The maximum atomic E-state index is 12.5. The second-order valence-electron chi connectivity index (χ2n) is 7.36. The van der Waals surface area contributed by atoms with Gasteiger partial charge in [0.25, 0.3) is 5.56 Å². The van der Waals surface area contributed by atoms with Crippen LogP contribution in [0.3, 0.4) is 0 Å². The molecule has 7 nitrogen and oxygen atoms in total. The van der Waals surface area contributed by atoms with Crippen molar-refractivity contribution in [3.8, 4) is 0 Å². The zero-order valence-corrected chi connectivity index (χ0v) is 14.3. The molecule has 2 aromatic rings. The van der Waals surface area contributed by atoms with E-state index in [4.69, 9.17) is 0 Å². The number of anilines is 1. The Hall–Kier alpha value is -2.10. The van der Waals surface area contributed by atoms with Gasteiger partial charge >= 0.3 is 6.18 Å². The number of alkyl halides is 3. The largest absolute Gasteiger partial charge is 0.401 e. The Morgan fingerprint density at radius 2 is 2.08 bits per heavy atom. The monoisotopic (exact) mass is 358 g/mol. The van der Waals surface area contributed by atoms with Gasteiger partial charge in [0.2, 0.25) is 5.95 Å². The molecule has 3 rings (SSSR count). The van der Waals surface area contributed by atoms with Crippen LogP contribution in [-0.4, -0.2) is 56.5 Å². The number of halogens is 3. The standard InChI is InChI=1S/C15H21F3N6O/c1-14(2,3)24-11-10(6-19-24)12(25)22-13(21-11)20-9-4-5-23(7-9)8-15(16,17)18/h6,9H,4-5,7-8H2,1-3H3,(H2,20,21,22,25). The number of likely N-dealkylation sites (tertiary alicyclic amines) is 1. The summed E-state index contributed by atoms with van der Waals surface area (Å²) >= 11 is 0. The van der Waals surface area contributed by atoms with Crippen molar-refractivity contribution < 1.29 is 13.2 Å². The molecule has 2 N–H and O–H groups in total. The van der Waals surface area contributed by atoms with Gasteiger partial charge in [-0.3, -0.25) is 14.7 Å². The van der Waals surface area contributed by atoms with E-state index >= 15 is 0 Å². The fourth-order valence-corrected chi connectivity index (χ4v) is 3.02. The lowest BCUT2D eigenvalue weighted by molar-refractivity contribution is -0.143. The van der Waals surface area contributed by atoms with Crippen LogP contribution in [0, 0.1) is 0 Å². The van der Waals surface area contributed by atoms with Gasteiger partial charge in [0, 0.05) is 19.1 Å². The summed E-state index contributed by atoms with van der Waals surface area (Å²) in [6.45, 7) is 5.51. The Morgan fingerprint density at radius 3 is 2.72 bits per heavy atom. The SMILES string of the molecule is CC(C)(C)n1ncc2c(=O)[nH]c(NC3CCN(CC(F)(F)F)C3)nc21. The van der Waals surface area contributed by atoms with E-state index < -0.39 is 12.7 Å². The molecule has 1 saturated heterocycles. The van der Waals surface area contributed by atoms with E-state index in [-0.39, 0.29) is 29.6 Å². The molecule has 138 valence electrons. The first-order chi connectivity index (χ1) is 11.5. The van der Waals surface area contributed by atoms with Crippen LogP contribution in [0.4, 0.5) is 19.1 Å². The van der Waals surface area contributed by atoms with Gasteiger partial charge in [0.15, 0.2) is 5.65 Å². The normalized spacial score (nSPS) is 19.7. The third-order valence-corrected chi connectivity index (χ3v) is 4.09. The molecule has 10 heteroatoms. The maximum Gasteiger partial charge on any atom is 0.401 e. The Balaban J connectivity index is 1.80. The molecule has 1 aliphatic rings. The van der Waals surface area contributed by atoms with Crippen molar-refractivity contribution in [2.75, 3.05) is 25.0 Å². The summed E-state index contributed by atoms with van der Waals surface area (Å²) < 4.78 is 39.1. The third-order valence-electron chi connectivity index (χ3n) is 4.09. The van der Waals surface area contributed by atoms with Crippen molar-refractivity contribution >= 4 is 17.0 Å². The topological polar surface area (TPSA) is 78.8 Å². The quantitative estimate of drug-likeness (QED) is 0.877. The molecular formula is C15H21F3N6O. The Kier molecular flexibility index (Phi) is 4.26. The number of fused-ring (bicyclic) bond motifs is 1. The van der Waals surface area contributed by atoms with Crippen molar-refractivity contribution in [1.29, 1.82) is 0 Å². The van der Waals surface area contributed by atoms with Crippen molar-refractivity contribution in [2.45, 2.75) is 44.9 Å². The van der Waals surface area contributed by atoms with Gasteiger partial charge in [0.1, 0.15) is 5.39 Å². The van der Waals surface area contributed by atoms with Crippen molar-refractivity contribution in [1.82, 2.24) is 24.6 Å². The van der Waals surface area contributed by atoms with Gasteiger partial charge in [-0.1, -0.05) is 0 Å². The van der Waals surface area contributed by atoms with Crippen molar-refractivity contribution in [3.05, 3.63) is 16.6 Å². The smallest absolute Gasteiger partial charge is 0.352 e. The summed E-state index contributed by atoms with van der Waals surface area (Å²) in [5, 5.41) is 7.65. The van der Waals surface area contributed by atoms with E-state index in [1.165, 1.54) is 11.1 Å². The summed E-state index contributed by atoms with van der Waals surface area (Å²) in [5.41, 5.74) is -0.228. The summed E-state index contributed by atoms with van der Waals surface area (Å²) in [6, 6.07) is -0.200. The average molecular weight is 358 g/mol. The van der Waals surface area contributed by atoms with E-state index in [2.05, 4.69) is 20.4 Å². The third kappa shape index (κ3) is 3.94. The molecule has 0 aliphatic carbocycles. The highest BCUT2D eigenvalue weighted by molar-refractivity contribution is 5.74. The van der Waals surface area contributed by atoms with Crippen LogP contribution in [0.25, 0.3) is 11.0 Å². The number of nitrogens with one attached hydrogen (secondary N) is 2. The van der Waals surface area contributed by atoms with E-state index in [1.807, 2.05) is 20.8 Å². The van der Waals surface area contributed by atoms with Crippen molar-refractivity contribution in [2.24, 2.45) is 0 Å². The van der Waals surface area contributed by atoms with E-state index in [0.717, 1.165) is 0 Å². The van der Waals surface area contributed by atoms with Crippen LogP contribution < -0.4 is 10.9 Å². The first-order valence-electron chi connectivity index (χ1n) is 8.07. The predicted molar refractivity (Wildman–Crippen MR) is 87.7 cm³/mol. The second-order valence-corrected chi connectivity index (χ2v) is 7.36. The van der Waals surface area contributed by atoms with E-state index in [1.54, 1.807) is 4.68 Å². The Bertz CT molecular complexity index is 819. The molecule has 0 aromatic carbocycles. The van der Waals surface area contributed by atoms with E-state index in [0.29, 0.717) is 24.0 Å². The first-order valence-corrected chi connectivity index (χ1v) is 8.07. The highest BCUT2D eigenvalue weighted by Crippen LogP contribution is 2.22. The van der Waals surface area contributed by atoms with Crippen LogP contribution in [0.5, 0.6) is 0 Å². The number of aromatic amines is 1. The molecule has 0 amide bonds. The zero-order valence-electron chi connectivity index (χ0n) is 14.3. The molecule has 3 heterocycles. The second kappa shape index (κ2) is 6.01. The summed E-state index contributed by atoms with van der Waals surface area (Å²) in [5.74, 6) is 0.252. The minimum absolute atomic E-state index is 0.200. The molecule has 2 aromatic heterocycles. The predicted octanol–water partition coefficient (Wildman–Crippen LogP) is 1.92. The van der Waals surface area contributed by atoms with Crippen LogP contribution in [0.2, 0.25) is 0 Å². The molecule has 25 heavy (non-hydrogen) atoms. The molecule has 0 radical (unpaired) electrons. The number of nitrogens with zero attached hydrogens (tertiary/aromatic N) is 4. The Morgan fingerprint density at radius 1 is 1.36 bits per heavy atom. The van der Waals surface area contributed by atoms with Gasteiger partial charge < -0.3 is 5.32 Å². The summed E-state index contributed by atoms with van der Waals surface area (Å²) in [7, 11) is 0. The first kappa shape index (κ1) is 17.7. The van der Waals surface area contributed by atoms with Crippen LogP contribution in [-0.2, 0) is 5.54 Å². The highest BCUT2D eigenvalue weighted by atomic mass is 19.4. The molecule has 1 fully saturated rings. The van der Waals surface area contributed by atoms with Gasteiger partial charge in [-0.05, 0) is 27.2 Å². The molecule has 1 atom stereocenters. The number of aromatic nitrogens is 4. The maximum absolute atomic E-state index is 12.5. The van der Waals surface area contributed by atoms with Gasteiger partial charge in [-0.25, -0.2) is 4.68 Å². The number of H-pyrrole nitrogens is 1. The molecule has 1 aliphatic heterocycles. The van der Waals surface area contributed by atoms with Gasteiger partial charge in [-0.2, -0.15) is 23.3 Å². The highest BCUT2D eigenvalue weighted by Gasteiger charge is 2.34. The molecule has 0 bridgehead atoms. The zero-order chi connectivity index (χ0) is 18.4. The average Bonchev–Trinajstić information content (AvgIpc) is 3.03. The van der Waals surface area contributed by atoms with Gasteiger partial charge in [-0.15, -0.1) is 0 Å². The number of hydrogen-bond donors (Lipinski definition) is 2. The Labute approximate surface area is 142 Å². The van der Waals surface area contributed by atoms with Crippen LogP contribution in [0.1, 0.15) is 27.2 Å². The fourth-order valence-electron chi connectivity index (χ4n) is 3.02. The molecule has 1 unspecified atom stereocenters. The lowest BCUT2D eigenvalue weighted by atomic mass is 10.1. The number of hydrogen-bond acceptors (Lipinski definition) is 5. The van der Waals surface area contributed by atoms with Crippen LogP contribution >= 0.6 is 0 Å². The lowest BCUT2D eigenvalue weighted by Crippen LogP contribution is -2.34. The fraction of sp³-hybridized carbons (Fsp3) is 0.667. The van der Waals surface area contributed by atoms with Crippen molar-refractivity contribution in [3.63, 3.8) is 0 Å². The molecule has 0 spiro atoms. The molecule has 0 saturated carbocycles. The number of rotatable bonds is 3. The minimum atomic E-state index is -4.21. The van der Waals surface area contributed by atoms with Gasteiger partial charge in [0.05, 0.1) is 18.3 Å². The van der Waals surface area contributed by atoms with E-state index in [9.17, 15) is 18.0 Å².